The molecule has 2 aromatic heterocycles. The number of amides is 1. The van der Waals surface area contributed by atoms with Crippen LogP contribution in [0.4, 0.5) is 11.6 Å². The van der Waals surface area contributed by atoms with Crippen LogP contribution in [0, 0.1) is 0 Å². The molecule has 0 radical (unpaired) electrons. The summed E-state index contributed by atoms with van der Waals surface area (Å²) in [4.78, 5) is 19.7. The molecule has 0 bridgehead atoms. The highest BCUT2D eigenvalue weighted by Crippen LogP contribution is 2.16. The molecule has 94 valence electrons. The highest BCUT2D eigenvalue weighted by Gasteiger charge is 2.17. The molecule has 0 fully saturated rings. The van der Waals surface area contributed by atoms with Crippen molar-refractivity contribution in [1.29, 1.82) is 0 Å². The summed E-state index contributed by atoms with van der Waals surface area (Å²) in [5.41, 5.74) is 7.18. The molecule has 0 aliphatic carbocycles. The van der Waals surface area contributed by atoms with Crippen LogP contribution in [0.15, 0.2) is 18.5 Å². The zero-order valence-corrected chi connectivity index (χ0v) is 9.97. The first kappa shape index (κ1) is 12.0. The van der Waals surface area contributed by atoms with E-state index in [9.17, 15) is 4.79 Å². The van der Waals surface area contributed by atoms with Gasteiger partial charge in [0.25, 0.3) is 5.91 Å². The smallest absolute Gasteiger partial charge is 0.280 e. The predicted molar refractivity (Wildman–Crippen MR) is 67.0 cm³/mol. The maximum atomic E-state index is 11.9. The lowest BCUT2D eigenvalue weighted by atomic mass is 10.2. The van der Waals surface area contributed by atoms with Crippen LogP contribution >= 0.6 is 0 Å². The first-order valence-corrected chi connectivity index (χ1v) is 5.63. The molecule has 0 unspecified atom stereocenters. The number of rotatable bonds is 4. The lowest BCUT2D eigenvalue weighted by Crippen LogP contribution is -2.16. The van der Waals surface area contributed by atoms with E-state index in [2.05, 4.69) is 25.5 Å². The third kappa shape index (κ3) is 2.45. The SMILES string of the molecule is CCCc1[nH]nc(C(=O)Nc2ncccn2)c1N. The Kier molecular flexibility index (Phi) is 3.52. The number of aromatic amines is 1. The van der Waals surface area contributed by atoms with Crippen molar-refractivity contribution >= 4 is 17.5 Å². The van der Waals surface area contributed by atoms with Crippen molar-refractivity contribution in [3.8, 4) is 0 Å². The van der Waals surface area contributed by atoms with E-state index in [1.165, 1.54) is 0 Å². The fourth-order valence-corrected chi connectivity index (χ4v) is 1.52. The van der Waals surface area contributed by atoms with Gasteiger partial charge in [0.2, 0.25) is 5.95 Å². The van der Waals surface area contributed by atoms with Gasteiger partial charge in [-0.15, -0.1) is 0 Å². The summed E-state index contributed by atoms with van der Waals surface area (Å²) in [6.07, 6.45) is 4.77. The van der Waals surface area contributed by atoms with Crippen molar-refractivity contribution in [3.05, 3.63) is 29.8 Å². The Morgan fingerprint density at radius 3 is 2.83 bits per heavy atom. The standard InChI is InChI=1S/C11H14N6O/c1-2-4-7-8(12)9(17-16-7)10(18)15-11-13-5-3-6-14-11/h3,5-6H,2,4,12H2,1H3,(H,16,17)(H,13,14,15,18). The van der Waals surface area contributed by atoms with Gasteiger partial charge >= 0.3 is 0 Å². The molecule has 0 saturated carbocycles. The fraction of sp³-hybridized carbons (Fsp3) is 0.273. The minimum atomic E-state index is -0.419. The van der Waals surface area contributed by atoms with E-state index < -0.39 is 5.91 Å². The van der Waals surface area contributed by atoms with Crippen molar-refractivity contribution < 1.29 is 4.79 Å². The number of nitrogens with one attached hydrogen (secondary N) is 2. The Morgan fingerprint density at radius 2 is 2.17 bits per heavy atom. The van der Waals surface area contributed by atoms with Gasteiger partial charge < -0.3 is 5.73 Å². The van der Waals surface area contributed by atoms with Gasteiger partial charge in [0.1, 0.15) is 0 Å². The summed E-state index contributed by atoms with van der Waals surface area (Å²) in [6.45, 7) is 2.03. The monoisotopic (exact) mass is 246 g/mol. The summed E-state index contributed by atoms with van der Waals surface area (Å²) in [5.74, 6) is -0.195. The summed E-state index contributed by atoms with van der Waals surface area (Å²) in [5, 5.41) is 9.21. The van der Waals surface area contributed by atoms with Gasteiger partial charge in [-0.25, -0.2) is 9.97 Å². The van der Waals surface area contributed by atoms with Crippen LogP contribution in [0.5, 0.6) is 0 Å². The second-order valence-corrected chi connectivity index (χ2v) is 3.74. The highest BCUT2D eigenvalue weighted by molar-refractivity contribution is 6.05. The molecule has 0 aliphatic heterocycles. The molecular formula is C11H14N6O. The van der Waals surface area contributed by atoms with Crippen molar-refractivity contribution in [3.63, 3.8) is 0 Å². The van der Waals surface area contributed by atoms with Gasteiger partial charge in [0.15, 0.2) is 5.69 Å². The Morgan fingerprint density at radius 1 is 1.44 bits per heavy atom. The van der Waals surface area contributed by atoms with Gasteiger partial charge in [-0.2, -0.15) is 5.10 Å². The Balaban J connectivity index is 2.14. The van der Waals surface area contributed by atoms with Gasteiger partial charge in [0.05, 0.1) is 11.4 Å². The summed E-state index contributed by atoms with van der Waals surface area (Å²) in [7, 11) is 0. The van der Waals surface area contributed by atoms with Gasteiger partial charge in [0, 0.05) is 12.4 Å². The van der Waals surface area contributed by atoms with E-state index >= 15 is 0 Å². The van der Waals surface area contributed by atoms with Crippen LogP contribution in [0.2, 0.25) is 0 Å². The van der Waals surface area contributed by atoms with E-state index in [0.29, 0.717) is 5.69 Å². The molecular weight excluding hydrogens is 232 g/mol. The zero-order chi connectivity index (χ0) is 13.0. The third-order valence-electron chi connectivity index (χ3n) is 2.39. The number of aromatic nitrogens is 4. The number of carbonyl (C=O) groups excluding carboxylic acids is 1. The Labute approximate surface area is 104 Å². The van der Waals surface area contributed by atoms with E-state index in [4.69, 9.17) is 5.73 Å². The number of H-pyrrole nitrogens is 1. The Bertz CT molecular complexity index is 536. The lowest BCUT2D eigenvalue weighted by Gasteiger charge is -2.01. The Hall–Kier alpha value is -2.44. The van der Waals surface area contributed by atoms with Crippen molar-refractivity contribution in [1.82, 2.24) is 20.2 Å². The fourth-order valence-electron chi connectivity index (χ4n) is 1.52. The van der Waals surface area contributed by atoms with Crippen LogP contribution in [-0.2, 0) is 6.42 Å². The largest absolute Gasteiger partial charge is 0.395 e. The van der Waals surface area contributed by atoms with Gasteiger partial charge in [-0.1, -0.05) is 13.3 Å². The molecule has 0 saturated heterocycles. The molecule has 2 rings (SSSR count). The molecule has 7 nitrogen and oxygen atoms in total. The molecule has 18 heavy (non-hydrogen) atoms. The summed E-state index contributed by atoms with van der Waals surface area (Å²) >= 11 is 0. The maximum absolute atomic E-state index is 11.9. The molecule has 0 atom stereocenters. The predicted octanol–water partition coefficient (Wildman–Crippen LogP) is 0.987. The molecule has 2 heterocycles. The average molecular weight is 246 g/mol. The zero-order valence-electron chi connectivity index (χ0n) is 9.97. The number of nitrogen functional groups attached to an aromatic ring is 1. The van der Waals surface area contributed by atoms with E-state index in [1.807, 2.05) is 6.92 Å². The first-order valence-electron chi connectivity index (χ1n) is 5.63. The average Bonchev–Trinajstić information content (AvgIpc) is 2.73. The van der Waals surface area contributed by atoms with E-state index in [0.717, 1.165) is 18.5 Å². The molecule has 1 amide bonds. The third-order valence-corrected chi connectivity index (χ3v) is 2.39. The highest BCUT2D eigenvalue weighted by atomic mass is 16.2. The van der Waals surface area contributed by atoms with Crippen LogP contribution in [0.3, 0.4) is 0 Å². The molecule has 7 heteroatoms. The molecule has 0 aliphatic rings. The van der Waals surface area contributed by atoms with Gasteiger partial charge in [-0.3, -0.25) is 15.2 Å². The number of aryl methyl sites for hydroxylation is 1. The number of carbonyl (C=O) groups is 1. The summed E-state index contributed by atoms with van der Waals surface area (Å²) in [6, 6.07) is 1.66. The lowest BCUT2D eigenvalue weighted by molar-refractivity contribution is 0.102. The second-order valence-electron chi connectivity index (χ2n) is 3.74. The molecule has 4 N–H and O–H groups in total. The second kappa shape index (κ2) is 5.26. The first-order chi connectivity index (χ1) is 8.72. The van der Waals surface area contributed by atoms with Crippen LogP contribution in [0.1, 0.15) is 29.5 Å². The number of hydrogen-bond donors (Lipinski definition) is 3. The summed E-state index contributed by atoms with van der Waals surface area (Å²) < 4.78 is 0. The van der Waals surface area contributed by atoms with E-state index in [-0.39, 0.29) is 11.6 Å². The van der Waals surface area contributed by atoms with E-state index in [1.54, 1.807) is 18.5 Å². The molecule has 0 spiro atoms. The topological polar surface area (TPSA) is 110 Å². The normalized spacial score (nSPS) is 10.3. The number of hydrogen-bond acceptors (Lipinski definition) is 5. The van der Waals surface area contributed by atoms with Crippen molar-refractivity contribution in [2.75, 3.05) is 11.1 Å². The minimum absolute atomic E-state index is 0.172. The number of nitrogens with zero attached hydrogens (tertiary/aromatic N) is 3. The molecule has 0 aromatic carbocycles. The van der Waals surface area contributed by atoms with Crippen LogP contribution in [-0.4, -0.2) is 26.1 Å². The molecule has 2 aromatic rings. The van der Waals surface area contributed by atoms with Gasteiger partial charge in [-0.05, 0) is 12.5 Å². The van der Waals surface area contributed by atoms with Crippen LogP contribution < -0.4 is 11.1 Å². The van der Waals surface area contributed by atoms with Crippen molar-refractivity contribution in [2.45, 2.75) is 19.8 Å². The number of anilines is 2. The minimum Gasteiger partial charge on any atom is -0.395 e. The quantitative estimate of drug-likeness (QED) is 0.745. The van der Waals surface area contributed by atoms with Crippen LogP contribution in [0.25, 0.3) is 0 Å². The maximum Gasteiger partial charge on any atom is 0.280 e. The van der Waals surface area contributed by atoms with Crippen molar-refractivity contribution in [2.24, 2.45) is 0 Å². The number of nitrogens with two attached hydrogens (primary N) is 1.